The van der Waals surface area contributed by atoms with Crippen molar-refractivity contribution in [3.8, 4) is 0 Å². The van der Waals surface area contributed by atoms with Crippen LogP contribution in [-0.4, -0.2) is 52.5 Å². The van der Waals surface area contributed by atoms with Crippen LogP contribution in [0.5, 0.6) is 0 Å². The van der Waals surface area contributed by atoms with Gasteiger partial charge in [-0.3, -0.25) is 25.0 Å². The number of hydrazine groups is 4. The van der Waals surface area contributed by atoms with Gasteiger partial charge in [-0.05, 0) is 73.2 Å². The summed E-state index contributed by atoms with van der Waals surface area (Å²) in [4.78, 5) is 24.3. The van der Waals surface area contributed by atoms with E-state index < -0.39 is 39.1 Å². The second kappa shape index (κ2) is 24.3. The van der Waals surface area contributed by atoms with Gasteiger partial charge in [0.25, 0.3) is 10.1 Å². The average molecular weight is 871 g/mol. The summed E-state index contributed by atoms with van der Waals surface area (Å²) in [6, 6.07) is 40.1. The van der Waals surface area contributed by atoms with Gasteiger partial charge in [-0.1, -0.05) is 152 Å². The molecule has 334 valence electrons. The van der Waals surface area contributed by atoms with Crippen molar-refractivity contribution in [2.45, 2.75) is 96.7 Å². The molecule has 2 aliphatic heterocycles. The van der Waals surface area contributed by atoms with E-state index in [0.29, 0.717) is 25.7 Å². The van der Waals surface area contributed by atoms with Crippen LogP contribution in [0.1, 0.15) is 91.9 Å². The minimum Gasteiger partial charge on any atom is -0.481 e. The number of carboxylic acids is 2. The Morgan fingerprint density at radius 1 is 0.613 bits per heavy atom. The standard InChI is InChI=1S/C20H38O7S.2C13H12N4/c1-5-9-11-15(7-3)13-17(18(21)22)20(19(23)24,28(25,26)27)14-16(8-4)12-10-6-2;2*1-3-7-12(8-4-1)16-14-11-15-17(16)13-9-5-2-6-10-13/h15-17H,5-14H2,1-4H3,(H,21,22)(H,23,24)(H,25,26,27);2*1-11H,(H,14,15). The molecule has 4 aromatic rings. The van der Waals surface area contributed by atoms with E-state index in [1.807, 2.05) is 169 Å². The number of benzene rings is 4. The van der Waals surface area contributed by atoms with E-state index in [4.69, 9.17) is 0 Å². The van der Waals surface area contributed by atoms with Gasteiger partial charge in [0.05, 0.1) is 28.7 Å². The van der Waals surface area contributed by atoms with Crippen LogP contribution in [0, 0.1) is 17.8 Å². The fourth-order valence-electron chi connectivity index (χ4n) is 7.43. The molecule has 4 atom stereocenters. The van der Waals surface area contributed by atoms with Crippen LogP contribution in [0.3, 0.4) is 0 Å². The maximum Gasteiger partial charge on any atom is 0.328 e. The molecule has 2 heterocycles. The van der Waals surface area contributed by atoms with Crippen LogP contribution in [0.4, 0.5) is 22.7 Å². The molecule has 0 saturated heterocycles. The molecule has 4 aromatic carbocycles. The van der Waals surface area contributed by atoms with Gasteiger partial charge in [0, 0.05) is 0 Å². The van der Waals surface area contributed by atoms with Crippen LogP contribution >= 0.6 is 0 Å². The molecule has 0 bridgehead atoms. The molecule has 16 heteroatoms. The molecule has 5 N–H and O–H groups in total. The highest BCUT2D eigenvalue weighted by Gasteiger charge is 2.60. The molecule has 15 nitrogen and oxygen atoms in total. The Bertz CT molecular complexity index is 2000. The zero-order valence-corrected chi connectivity index (χ0v) is 36.9. The predicted octanol–water partition coefficient (Wildman–Crippen LogP) is 9.36. The van der Waals surface area contributed by atoms with Crippen molar-refractivity contribution in [1.29, 1.82) is 0 Å². The zero-order valence-electron chi connectivity index (χ0n) is 36.1. The van der Waals surface area contributed by atoms with Gasteiger partial charge in [-0.15, -0.1) is 10.2 Å². The van der Waals surface area contributed by atoms with E-state index in [1.165, 1.54) is 0 Å². The monoisotopic (exact) mass is 870 g/mol. The molecular formula is C46H62N8O7S. The number of carbonyl (C=O) groups is 2. The molecule has 0 amide bonds. The summed E-state index contributed by atoms with van der Waals surface area (Å²) in [5, 5.41) is 35.7. The number of nitrogens with one attached hydrogen (secondary N) is 2. The molecule has 6 rings (SSSR count). The van der Waals surface area contributed by atoms with Crippen molar-refractivity contribution in [1.82, 2.24) is 10.9 Å². The van der Waals surface area contributed by atoms with E-state index in [-0.39, 0.29) is 18.3 Å². The van der Waals surface area contributed by atoms with Crippen LogP contribution in [0.15, 0.2) is 132 Å². The van der Waals surface area contributed by atoms with Gasteiger partial charge in [0.15, 0.2) is 0 Å². The van der Waals surface area contributed by atoms with Gasteiger partial charge >= 0.3 is 11.9 Å². The molecule has 62 heavy (non-hydrogen) atoms. The Morgan fingerprint density at radius 2 is 0.984 bits per heavy atom. The lowest BCUT2D eigenvalue weighted by molar-refractivity contribution is -0.153. The highest BCUT2D eigenvalue weighted by molar-refractivity contribution is 7.88. The summed E-state index contributed by atoms with van der Waals surface area (Å²) < 4.78 is 32.0. The highest BCUT2D eigenvalue weighted by Crippen LogP contribution is 2.41. The number of nitrogens with zero attached hydrogens (tertiary/aromatic N) is 6. The molecular weight excluding hydrogens is 809 g/mol. The number of hydrogen-bond donors (Lipinski definition) is 5. The van der Waals surface area contributed by atoms with Gasteiger partial charge in [0.1, 0.15) is 12.7 Å². The second-order valence-electron chi connectivity index (χ2n) is 15.1. The average Bonchev–Trinajstić information content (AvgIpc) is 4.00. The summed E-state index contributed by atoms with van der Waals surface area (Å²) in [6.45, 7) is 7.67. The van der Waals surface area contributed by atoms with Crippen molar-refractivity contribution in [3.63, 3.8) is 0 Å². The number of para-hydroxylation sites is 4. The molecule has 0 saturated carbocycles. The first-order chi connectivity index (χ1) is 29.9. The smallest absolute Gasteiger partial charge is 0.328 e. The van der Waals surface area contributed by atoms with E-state index in [0.717, 1.165) is 48.4 Å². The minimum atomic E-state index is -5.15. The van der Waals surface area contributed by atoms with E-state index in [1.54, 1.807) is 12.7 Å². The Labute approximate surface area is 366 Å². The van der Waals surface area contributed by atoms with Crippen LogP contribution in [-0.2, 0) is 19.7 Å². The van der Waals surface area contributed by atoms with E-state index in [9.17, 15) is 32.8 Å². The topological polar surface area (TPSA) is 191 Å². The summed E-state index contributed by atoms with van der Waals surface area (Å²) >= 11 is 0. The third-order valence-electron chi connectivity index (χ3n) is 11.0. The number of anilines is 4. The Balaban J connectivity index is 0.000000213. The lowest BCUT2D eigenvalue weighted by atomic mass is 9.76. The third-order valence-corrected chi connectivity index (χ3v) is 12.5. The third kappa shape index (κ3) is 12.9. The van der Waals surface area contributed by atoms with Crippen LogP contribution in [0.2, 0.25) is 0 Å². The number of hydrogen-bond acceptors (Lipinski definition) is 12. The summed E-state index contributed by atoms with van der Waals surface area (Å²) in [5.74, 6) is -5.37. The van der Waals surface area contributed by atoms with E-state index in [2.05, 4.69) is 21.1 Å². The fourth-order valence-corrected chi connectivity index (χ4v) is 8.65. The first-order valence-electron chi connectivity index (χ1n) is 21.3. The molecule has 2 aliphatic rings. The Hall–Kier alpha value is -6.13. The van der Waals surface area contributed by atoms with Crippen molar-refractivity contribution >= 4 is 57.5 Å². The second-order valence-corrected chi connectivity index (χ2v) is 16.8. The summed E-state index contributed by atoms with van der Waals surface area (Å²) in [6.07, 6.45) is 8.70. The number of rotatable bonds is 20. The normalized spacial score (nSPS) is 15.5. The fraction of sp³-hybridized carbons (Fsp3) is 0.391. The lowest BCUT2D eigenvalue weighted by Crippen LogP contribution is -2.56. The molecule has 0 radical (unpaired) electrons. The zero-order chi connectivity index (χ0) is 45.0. The number of carboxylic acid groups (broad SMARTS) is 2. The summed E-state index contributed by atoms with van der Waals surface area (Å²) in [5.41, 5.74) is 10.3. The molecule has 0 aromatic heterocycles. The first-order valence-corrected chi connectivity index (χ1v) is 22.8. The van der Waals surface area contributed by atoms with E-state index >= 15 is 0 Å². The molecule has 0 aliphatic carbocycles. The number of aliphatic carboxylic acids is 2. The SMILES string of the molecule is C1=NN(c2ccccc2)N(c2ccccc2)N1.C1=NN(c2ccccc2)N(c2ccccc2)N1.CCCCC(CC)CC(C(=O)O)C(CC(CC)CCCC)(C(=O)O)S(=O)(=O)O. The largest absolute Gasteiger partial charge is 0.481 e. The predicted molar refractivity (Wildman–Crippen MR) is 248 cm³/mol. The van der Waals surface area contributed by atoms with Crippen molar-refractivity contribution in [2.75, 3.05) is 20.5 Å². The van der Waals surface area contributed by atoms with Crippen molar-refractivity contribution < 1.29 is 32.8 Å². The highest BCUT2D eigenvalue weighted by atomic mass is 32.2. The lowest BCUT2D eigenvalue weighted by Gasteiger charge is -2.36. The first kappa shape index (κ1) is 48.5. The maximum atomic E-state index is 12.4. The van der Waals surface area contributed by atoms with Crippen molar-refractivity contribution in [3.05, 3.63) is 121 Å². The minimum absolute atomic E-state index is 0.0812. The number of hydrazone groups is 2. The Morgan fingerprint density at radius 3 is 1.31 bits per heavy atom. The summed E-state index contributed by atoms with van der Waals surface area (Å²) in [7, 11) is -5.15. The molecule has 4 unspecified atom stereocenters. The van der Waals surface area contributed by atoms with Crippen LogP contribution < -0.4 is 31.3 Å². The quantitative estimate of drug-likeness (QED) is 0.0529. The maximum absolute atomic E-state index is 12.4. The van der Waals surface area contributed by atoms with Gasteiger partial charge < -0.3 is 10.2 Å². The van der Waals surface area contributed by atoms with Gasteiger partial charge in [-0.25, -0.2) is 0 Å². The van der Waals surface area contributed by atoms with Crippen LogP contribution in [0.25, 0.3) is 0 Å². The van der Waals surface area contributed by atoms with Crippen molar-refractivity contribution in [2.24, 2.45) is 28.0 Å². The molecule has 0 spiro atoms. The Kier molecular flexibility index (Phi) is 19.1. The van der Waals surface area contributed by atoms with Gasteiger partial charge in [0.2, 0.25) is 4.75 Å². The van der Waals surface area contributed by atoms with Gasteiger partial charge in [-0.2, -0.15) is 28.9 Å². The molecule has 0 fully saturated rings. The number of unbranched alkanes of at least 4 members (excludes halogenated alkanes) is 2.